The summed E-state index contributed by atoms with van der Waals surface area (Å²) in [6, 6.07) is 18.3. The number of hydrogen-bond donors (Lipinski definition) is 2. The van der Waals surface area contributed by atoms with Crippen LogP contribution in [0, 0.1) is 5.92 Å². The number of ether oxygens (including phenoxy) is 2. The molecule has 0 radical (unpaired) electrons. The molecule has 3 aromatic rings. The fourth-order valence-corrected chi connectivity index (χ4v) is 5.62. The summed E-state index contributed by atoms with van der Waals surface area (Å²) in [6.45, 7) is 8.20. The van der Waals surface area contributed by atoms with Crippen molar-refractivity contribution in [2.75, 3.05) is 38.7 Å². The van der Waals surface area contributed by atoms with Gasteiger partial charge in [-0.25, -0.2) is 0 Å². The molecule has 0 saturated heterocycles. The number of amides is 2. The smallest absolute Gasteiger partial charge is 0.258 e. The van der Waals surface area contributed by atoms with E-state index in [0.717, 1.165) is 31.4 Å². The molecule has 2 amide bonds. The molecule has 2 heterocycles. The van der Waals surface area contributed by atoms with Crippen LogP contribution < -0.4 is 10.1 Å². The van der Waals surface area contributed by atoms with Crippen molar-refractivity contribution in [3.8, 4) is 5.75 Å². The molecule has 2 aromatic carbocycles. The Labute approximate surface area is 267 Å². The van der Waals surface area contributed by atoms with Crippen molar-refractivity contribution in [1.29, 1.82) is 0 Å². The number of carbonyl (C=O) groups excluding carboxylic acids is 2. The number of nitrogens with zero attached hydrogens (tertiary/aromatic N) is 3. The van der Waals surface area contributed by atoms with Crippen LogP contribution in [0.2, 0.25) is 0 Å². The number of pyridine rings is 1. The van der Waals surface area contributed by atoms with E-state index in [4.69, 9.17) is 9.47 Å². The lowest BCUT2D eigenvalue weighted by molar-refractivity contribution is -0.115. The molecule has 4 rings (SSSR count). The number of fused-ring (bicyclic) bond motifs is 1. The number of aliphatic hydroxyl groups excluding tert-OH is 1. The Morgan fingerprint density at radius 1 is 1.09 bits per heavy atom. The van der Waals surface area contributed by atoms with Crippen molar-refractivity contribution in [3.63, 3.8) is 0 Å². The maximum absolute atomic E-state index is 14.3. The predicted molar refractivity (Wildman–Crippen MR) is 176 cm³/mol. The van der Waals surface area contributed by atoms with Gasteiger partial charge in [0.15, 0.2) is 0 Å². The standard InChI is InChI=1S/C36H48N4O5/c1-26-22-40(27(2)25-41)36(43)32-21-31(38-35(42)20-29-11-6-5-7-12-29)13-14-33(32)45-28(3)10-8-9-19-44-34(26)24-39(4)23-30-15-17-37-18-16-30/h5-7,11-18,21,26-28,34,41H,8-10,19-20,22-25H2,1-4H3,(H,38,42)/t26-,27-,28-,34+/m1/s1. The zero-order chi connectivity index (χ0) is 32.2. The summed E-state index contributed by atoms with van der Waals surface area (Å²) in [5.41, 5.74) is 2.95. The lowest BCUT2D eigenvalue weighted by atomic mass is 10.0. The highest BCUT2D eigenvalue weighted by Crippen LogP contribution is 2.28. The van der Waals surface area contributed by atoms with Crippen molar-refractivity contribution in [3.05, 3.63) is 89.7 Å². The highest BCUT2D eigenvalue weighted by molar-refractivity contribution is 6.00. The fraction of sp³-hybridized carbons (Fsp3) is 0.472. The molecule has 9 nitrogen and oxygen atoms in total. The molecule has 0 bridgehead atoms. The van der Waals surface area contributed by atoms with Crippen LogP contribution in [-0.2, 0) is 22.5 Å². The summed E-state index contributed by atoms with van der Waals surface area (Å²) in [7, 11) is 2.07. The summed E-state index contributed by atoms with van der Waals surface area (Å²) >= 11 is 0. The second-order valence-corrected chi connectivity index (χ2v) is 12.3. The number of likely N-dealkylation sites (N-methyl/N-ethyl adjacent to an activating group) is 1. The number of rotatable bonds is 9. The molecule has 4 atom stereocenters. The summed E-state index contributed by atoms with van der Waals surface area (Å²) in [4.78, 5) is 35.3. The van der Waals surface area contributed by atoms with Crippen LogP contribution in [0.3, 0.4) is 0 Å². The van der Waals surface area contributed by atoms with Crippen LogP contribution in [0.1, 0.15) is 61.5 Å². The van der Waals surface area contributed by atoms with E-state index >= 15 is 0 Å². The summed E-state index contributed by atoms with van der Waals surface area (Å²) in [6.07, 6.45) is 6.21. The zero-order valence-electron chi connectivity index (χ0n) is 27.0. The highest BCUT2D eigenvalue weighted by atomic mass is 16.5. The number of benzene rings is 2. The molecule has 2 N–H and O–H groups in total. The van der Waals surface area contributed by atoms with E-state index < -0.39 is 6.04 Å². The second-order valence-electron chi connectivity index (χ2n) is 12.3. The Hall–Kier alpha value is -3.79. The number of hydrogen-bond acceptors (Lipinski definition) is 7. The Bertz CT molecular complexity index is 1360. The average Bonchev–Trinajstić information content (AvgIpc) is 3.03. The third-order valence-electron chi connectivity index (χ3n) is 8.24. The van der Waals surface area contributed by atoms with Gasteiger partial charge in [0.05, 0.1) is 36.8 Å². The maximum atomic E-state index is 14.3. The van der Waals surface area contributed by atoms with E-state index in [-0.39, 0.29) is 43.0 Å². The predicted octanol–water partition coefficient (Wildman–Crippen LogP) is 5.19. The Kier molecular flexibility index (Phi) is 12.9. The first kappa shape index (κ1) is 34.1. The average molecular weight is 617 g/mol. The first-order chi connectivity index (χ1) is 21.7. The van der Waals surface area contributed by atoms with Crippen LogP contribution in [0.4, 0.5) is 5.69 Å². The summed E-state index contributed by atoms with van der Waals surface area (Å²) in [5.74, 6) is 0.0145. The molecular formula is C36H48N4O5. The fourth-order valence-electron chi connectivity index (χ4n) is 5.62. The monoisotopic (exact) mass is 616 g/mol. The number of nitrogens with one attached hydrogen (secondary N) is 1. The Morgan fingerprint density at radius 2 is 1.84 bits per heavy atom. The van der Waals surface area contributed by atoms with Gasteiger partial charge in [-0.05, 0) is 81.6 Å². The van der Waals surface area contributed by atoms with Gasteiger partial charge in [-0.15, -0.1) is 0 Å². The van der Waals surface area contributed by atoms with Crippen LogP contribution in [-0.4, -0.2) is 83.3 Å². The van der Waals surface area contributed by atoms with Crippen LogP contribution in [0.25, 0.3) is 0 Å². The van der Waals surface area contributed by atoms with Gasteiger partial charge >= 0.3 is 0 Å². The van der Waals surface area contributed by atoms with Crippen molar-refractivity contribution < 1.29 is 24.2 Å². The third kappa shape index (κ3) is 10.4. The van der Waals surface area contributed by atoms with E-state index in [1.54, 1.807) is 35.5 Å². The maximum Gasteiger partial charge on any atom is 0.258 e. The van der Waals surface area contributed by atoms with Crippen LogP contribution in [0.15, 0.2) is 73.1 Å². The number of aliphatic hydroxyl groups is 1. The largest absolute Gasteiger partial charge is 0.490 e. The minimum absolute atomic E-state index is 0.0252. The first-order valence-electron chi connectivity index (χ1n) is 16.0. The highest BCUT2D eigenvalue weighted by Gasteiger charge is 2.30. The molecule has 1 aromatic heterocycles. The van der Waals surface area contributed by atoms with E-state index in [1.807, 2.05) is 56.3 Å². The Balaban J connectivity index is 1.59. The molecule has 1 aliphatic rings. The van der Waals surface area contributed by atoms with Crippen LogP contribution >= 0.6 is 0 Å². The summed E-state index contributed by atoms with van der Waals surface area (Å²) in [5, 5.41) is 13.2. The van der Waals surface area contributed by atoms with Gasteiger partial charge in [0.25, 0.3) is 5.91 Å². The molecule has 9 heteroatoms. The topological polar surface area (TPSA) is 104 Å². The normalized spacial score (nSPS) is 20.5. The molecule has 1 aliphatic heterocycles. The van der Waals surface area contributed by atoms with Gasteiger partial charge in [0, 0.05) is 50.2 Å². The second kappa shape index (κ2) is 17.1. The molecule has 0 unspecified atom stereocenters. The molecule has 0 aliphatic carbocycles. The minimum atomic E-state index is -0.440. The molecule has 0 saturated carbocycles. The lowest BCUT2D eigenvalue weighted by Crippen LogP contribution is -2.47. The minimum Gasteiger partial charge on any atom is -0.490 e. The van der Waals surface area contributed by atoms with Gasteiger partial charge < -0.3 is 24.8 Å². The molecular weight excluding hydrogens is 568 g/mol. The van der Waals surface area contributed by atoms with Gasteiger partial charge in [-0.3, -0.25) is 19.5 Å². The van der Waals surface area contributed by atoms with Crippen molar-refractivity contribution in [2.24, 2.45) is 5.92 Å². The van der Waals surface area contributed by atoms with E-state index in [0.29, 0.717) is 36.7 Å². The van der Waals surface area contributed by atoms with Crippen molar-refractivity contribution >= 4 is 17.5 Å². The Morgan fingerprint density at radius 3 is 2.58 bits per heavy atom. The van der Waals surface area contributed by atoms with Crippen molar-refractivity contribution in [1.82, 2.24) is 14.8 Å². The van der Waals surface area contributed by atoms with Gasteiger partial charge in [-0.1, -0.05) is 37.3 Å². The van der Waals surface area contributed by atoms with Gasteiger partial charge in [0.1, 0.15) is 5.75 Å². The summed E-state index contributed by atoms with van der Waals surface area (Å²) < 4.78 is 12.8. The molecule has 0 fully saturated rings. The van der Waals surface area contributed by atoms with E-state index in [9.17, 15) is 14.7 Å². The number of aromatic nitrogens is 1. The van der Waals surface area contributed by atoms with E-state index in [2.05, 4.69) is 29.2 Å². The quantitative estimate of drug-likeness (QED) is 0.341. The molecule has 45 heavy (non-hydrogen) atoms. The number of carbonyl (C=O) groups is 2. The number of anilines is 1. The SMILES string of the molecule is C[C@@H]1CCCCO[C@@H](CN(C)Cc2ccncc2)[C@H](C)CN([C@H](C)CO)C(=O)c2cc(NC(=O)Cc3ccccc3)ccc2O1. The van der Waals surface area contributed by atoms with Gasteiger partial charge in [-0.2, -0.15) is 0 Å². The third-order valence-corrected chi connectivity index (χ3v) is 8.24. The first-order valence-corrected chi connectivity index (χ1v) is 16.0. The molecule has 0 spiro atoms. The zero-order valence-corrected chi connectivity index (χ0v) is 27.0. The molecule has 242 valence electrons. The van der Waals surface area contributed by atoms with E-state index in [1.165, 1.54) is 5.56 Å². The van der Waals surface area contributed by atoms with Crippen molar-refractivity contribution in [2.45, 2.75) is 71.2 Å². The van der Waals surface area contributed by atoms with Crippen LogP contribution in [0.5, 0.6) is 5.75 Å². The van der Waals surface area contributed by atoms with Gasteiger partial charge in [0.2, 0.25) is 5.91 Å². The lowest BCUT2D eigenvalue weighted by Gasteiger charge is -2.36.